The molecule has 1 saturated heterocycles. The van der Waals surface area contributed by atoms with Crippen LogP contribution in [0.5, 0.6) is 0 Å². The fourth-order valence-corrected chi connectivity index (χ4v) is 3.14. The molecule has 0 aromatic heterocycles. The van der Waals surface area contributed by atoms with Crippen molar-refractivity contribution in [3.8, 4) is 0 Å². The van der Waals surface area contributed by atoms with Crippen molar-refractivity contribution >= 4 is 5.91 Å². The summed E-state index contributed by atoms with van der Waals surface area (Å²) in [6, 6.07) is 4.77. The summed E-state index contributed by atoms with van der Waals surface area (Å²) in [6.45, 7) is 5.46. The van der Waals surface area contributed by atoms with E-state index in [1.807, 2.05) is 0 Å². The zero-order valence-corrected chi connectivity index (χ0v) is 15.1. The summed E-state index contributed by atoms with van der Waals surface area (Å²) in [5.41, 5.74) is 2.76. The summed E-state index contributed by atoms with van der Waals surface area (Å²) in [6.07, 6.45) is 0.939. The number of benzene rings is 1. The maximum absolute atomic E-state index is 13.6. The van der Waals surface area contributed by atoms with Crippen LogP contribution in [-0.2, 0) is 11.2 Å². The first-order valence-corrected chi connectivity index (χ1v) is 8.88. The summed E-state index contributed by atoms with van der Waals surface area (Å²) in [5, 5.41) is 1.01. The van der Waals surface area contributed by atoms with E-state index in [2.05, 4.69) is 12.3 Å². The van der Waals surface area contributed by atoms with E-state index >= 15 is 0 Å². The normalized spacial score (nSPS) is 19.0. The third-order valence-electron chi connectivity index (χ3n) is 4.66. The molecule has 1 atom stereocenters. The van der Waals surface area contributed by atoms with Gasteiger partial charge in [-0.2, -0.15) is 13.2 Å². The molecule has 1 amide bonds. The lowest BCUT2D eigenvalue weighted by Gasteiger charge is -2.30. The lowest BCUT2D eigenvalue weighted by molar-refractivity contribution is -0.191. The molecule has 0 spiro atoms. The van der Waals surface area contributed by atoms with Gasteiger partial charge in [-0.25, -0.2) is 5.01 Å². The largest absolute Gasteiger partial charge is 0.409 e. The first-order valence-electron chi connectivity index (χ1n) is 8.88. The number of unbranched alkanes of at least 4 members (excludes halogenated alkanes) is 3. The van der Waals surface area contributed by atoms with Gasteiger partial charge in [-0.1, -0.05) is 50.5 Å². The van der Waals surface area contributed by atoms with Crippen LogP contribution in [0.3, 0.4) is 0 Å². The molecule has 1 N–H and O–H groups in total. The van der Waals surface area contributed by atoms with Gasteiger partial charge in [0.1, 0.15) is 6.04 Å². The van der Waals surface area contributed by atoms with Crippen LogP contribution < -0.4 is 5.43 Å². The Hall–Kier alpha value is -1.56. The number of hydrogen-bond acceptors (Lipinski definition) is 2. The first-order chi connectivity index (χ1) is 11.6. The van der Waals surface area contributed by atoms with E-state index in [4.69, 9.17) is 0 Å². The van der Waals surface area contributed by atoms with Gasteiger partial charge in [-0.15, -0.1) is 0 Å². The number of hydrazine groups is 1. The molecule has 1 aliphatic heterocycles. The number of aryl methyl sites for hydroxylation is 1. The molecular formula is C19H27F3N2O. The monoisotopic (exact) mass is 356 g/mol. The van der Waals surface area contributed by atoms with Gasteiger partial charge in [0.15, 0.2) is 0 Å². The van der Waals surface area contributed by atoms with Gasteiger partial charge in [0, 0.05) is 6.54 Å². The first kappa shape index (κ1) is 19.8. The van der Waals surface area contributed by atoms with Gasteiger partial charge >= 0.3 is 6.18 Å². The van der Waals surface area contributed by atoms with Gasteiger partial charge in [0.05, 0.1) is 5.41 Å². The average Bonchev–Trinajstić information content (AvgIpc) is 2.77. The highest BCUT2D eigenvalue weighted by molar-refractivity contribution is 5.83. The molecule has 6 heteroatoms. The SMILES string of the molecule is CCCCCCc1ccc(C(N2CC(C)(C)C(=O)N2)C(F)(F)F)cc1. The van der Waals surface area contributed by atoms with Crippen molar-refractivity contribution in [3.63, 3.8) is 0 Å². The molecule has 140 valence electrons. The minimum absolute atomic E-state index is 0.0226. The van der Waals surface area contributed by atoms with Crippen molar-refractivity contribution in [2.24, 2.45) is 5.41 Å². The van der Waals surface area contributed by atoms with Gasteiger partial charge in [0.25, 0.3) is 0 Å². The van der Waals surface area contributed by atoms with E-state index in [0.29, 0.717) is 0 Å². The third kappa shape index (κ3) is 4.97. The fraction of sp³-hybridized carbons (Fsp3) is 0.632. The Kier molecular flexibility index (Phi) is 6.14. The van der Waals surface area contributed by atoms with Crippen LogP contribution in [-0.4, -0.2) is 23.6 Å². The van der Waals surface area contributed by atoms with E-state index in [-0.39, 0.29) is 18.0 Å². The lowest BCUT2D eigenvalue weighted by atomic mass is 9.93. The van der Waals surface area contributed by atoms with Crippen molar-refractivity contribution in [1.29, 1.82) is 0 Å². The predicted molar refractivity (Wildman–Crippen MR) is 91.7 cm³/mol. The smallest absolute Gasteiger partial charge is 0.287 e. The summed E-state index contributed by atoms with van der Waals surface area (Å²) >= 11 is 0. The molecule has 2 rings (SSSR count). The van der Waals surface area contributed by atoms with Gasteiger partial charge in [0.2, 0.25) is 5.91 Å². The second-order valence-electron chi connectivity index (χ2n) is 7.45. The fourth-order valence-electron chi connectivity index (χ4n) is 3.14. The molecule has 1 fully saturated rings. The molecule has 1 aliphatic rings. The van der Waals surface area contributed by atoms with E-state index in [1.165, 1.54) is 18.6 Å². The molecule has 3 nitrogen and oxygen atoms in total. The third-order valence-corrected chi connectivity index (χ3v) is 4.66. The Bertz CT molecular complexity index is 581. The van der Waals surface area contributed by atoms with Crippen molar-refractivity contribution in [3.05, 3.63) is 35.4 Å². The Labute approximate surface area is 147 Å². The van der Waals surface area contributed by atoms with Crippen LogP contribution in [0.2, 0.25) is 0 Å². The van der Waals surface area contributed by atoms with Crippen LogP contribution in [0.4, 0.5) is 13.2 Å². The maximum Gasteiger partial charge on any atom is 0.409 e. The number of hydrogen-bond donors (Lipinski definition) is 1. The number of carbonyl (C=O) groups excluding carboxylic acids is 1. The van der Waals surface area contributed by atoms with Crippen LogP contribution >= 0.6 is 0 Å². The van der Waals surface area contributed by atoms with Crippen molar-refractivity contribution < 1.29 is 18.0 Å². The highest BCUT2D eigenvalue weighted by Gasteiger charge is 2.51. The minimum Gasteiger partial charge on any atom is -0.287 e. The second-order valence-corrected chi connectivity index (χ2v) is 7.45. The average molecular weight is 356 g/mol. The number of amides is 1. The topological polar surface area (TPSA) is 32.3 Å². The second kappa shape index (κ2) is 7.77. The number of carbonyl (C=O) groups is 1. The quantitative estimate of drug-likeness (QED) is 0.713. The number of nitrogens with zero attached hydrogens (tertiary/aromatic N) is 1. The standard InChI is InChI=1S/C19H27F3N2O/c1-4-5-6-7-8-14-9-11-15(12-10-14)16(19(20,21)22)24-13-18(2,3)17(25)23-24/h9-12,16H,4-8,13H2,1-3H3,(H,23,25). The summed E-state index contributed by atoms with van der Waals surface area (Å²) in [7, 11) is 0. The highest BCUT2D eigenvalue weighted by Crippen LogP contribution is 2.40. The Morgan fingerprint density at radius 1 is 1.16 bits per heavy atom. The Balaban J connectivity index is 2.13. The predicted octanol–water partition coefficient (Wildman–Crippen LogP) is 4.79. The molecule has 0 aliphatic carbocycles. The maximum atomic E-state index is 13.6. The zero-order valence-electron chi connectivity index (χ0n) is 15.1. The van der Waals surface area contributed by atoms with Gasteiger partial charge in [-0.3, -0.25) is 10.2 Å². The minimum atomic E-state index is -4.46. The van der Waals surface area contributed by atoms with Crippen molar-refractivity contribution in [2.75, 3.05) is 6.54 Å². The number of nitrogens with one attached hydrogen (secondary N) is 1. The van der Waals surface area contributed by atoms with Gasteiger partial charge in [-0.05, 0) is 37.8 Å². The molecule has 0 saturated carbocycles. The Morgan fingerprint density at radius 2 is 1.80 bits per heavy atom. The molecule has 25 heavy (non-hydrogen) atoms. The molecular weight excluding hydrogens is 329 g/mol. The van der Waals surface area contributed by atoms with Crippen molar-refractivity contribution in [1.82, 2.24) is 10.4 Å². The highest BCUT2D eigenvalue weighted by atomic mass is 19.4. The summed E-state index contributed by atoms with van der Waals surface area (Å²) < 4.78 is 40.9. The van der Waals surface area contributed by atoms with Gasteiger partial charge < -0.3 is 0 Å². The van der Waals surface area contributed by atoms with E-state index < -0.39 is 17.6 Å². The Morgan fingerprint density at radius 3 is 2.28 bits per heavy atom. The molecule has 1 unspecified atom stereocenters. The van der Waals surface area contributed by atoms with Crippen molar-refractivity contribution in [2.45, 2.75) is 65.1 Å². The molecule has 1 aromatic carbocycles. The number of rotatable bonds is 7. The number of halogens is 3. The van der Waals surface area contributed by atoms with Crippen LogP contribution in [0, 0.1) is 5.41 Å². The lowest BCUT2D eigenvalue weighted by Crippen LogP contribution is -2.43. The van der Waals surface area contributed by atoms with Crippen LogP contribution in [0.25, 0.3) is 0 Å². The summed E-state index contributed by atoms with van der Waals surface area (Å²) in [4.78, 5) is 11.9. The van der Waals surface area contributed by atoms with Crippen LogP contribution in [0.1, 0.15) is 63.6 Å². The van der Waals surface area contributed by atoms with E-state index in [9.17, 15) is 18.0 Å². The summed E-state index contributed by atoms with van der Waals surface area (Å²) in [5.74, 6) is -0.380. The molecule has 1 heterocycles. The zero-order chi connectivity index (χ0) is 18.7. The van der Waals surface area contributed by atoms with E-state index in [0.717, 1.165) is 36.3 Å². The van der Waals surface area contributed by atoms with Crippen LogP contribution in [0.15, 0.2) is 24.3 Å². The molecule has 1 aromatic rings. The molecule has 0 radical (unpaired) electrons. The van der Waals surface area contributed by atoms with E-state index in [1.54, 1.807) is 26.0 Å². The number of alkyl halides is 3. The molecule has 0 bridgehead atoms.